The number of hydrogen-bond donors (Lipinski definition) is 2. The molecule has 2 atom stereocenters. The van der Waals surface area contributed by atoms with Gasteiger partial charge >= 0.3 is 0 Å². The van der Waals surface area contributed by atoms with Gasteiger partial charge in [-0.1, -0.05) is 18.2 Å². The SMILES string of the molecule is Oc1ccc2cc(CN3CC(O)C(Cc4ccncc4)C3)ccc2c1. The highest BCUT2D eigenvalue weighted by molar-refractivity contribution is 5.84. The van der Waals surface area contributed by atoms with E-state index >= 15 is 0 Å². The number of phenols is 1. The third-order valence-electron chi connectivity index (χ3n) is 5.02. The molecule has 0 bridgehead atoms. The Morgan fingerprint density at radius 1 is 0.920 bits per heavy atom. The zero-order valence-corrected chi connectivity index (χ0v) is 14.0. The second-order valence-electron chi connectivity index (χ2n) is 6.95. The maximum absolute atomic E-state index is 10.4. The Bertz CT molecular complexity index is 866. The van der Waals surface area contributed by atoms with Gasteiger partial charge in [0.25, 0.3) is 0 Å². The summed E-state index contributed by atoms with van der Waals surface area (Å²) >= 11 is 0. The number of phenolic OH excluding ortho intramolecular Hbond substituents is 1. The van der Waals surface area contributed by atoms with E-state index in [9.17, 15) is 10.2 Å². The van der Waals surface area contributed by atoms with Crippen molar-refractivity contribution in [3.63, 3.8) is 0 Å². The van der Waals surface area contributed by atoms with Crippen molar-refractivity contribution in [3.8, 4) is 5.75 Å². The first-order chi connectivity index (χ1) is 12.2. The van der Waals surface area contributed by atoms with Crippen molar-refractivity contribution in [2.45, 2.75) is 19.1 Å². The van der Waals surface area contributed by atoms with E-state index < -0.39 is 0 Å². The van der Waals surface area contributed by atoms with Crippen molar-refractivity contribution in [2.75, 3.05) is 13.1 Å². The van der Waals surface area contributed by atoms with E-state index in [1.165, 1.54) is 11.1 Å². The molecule has 128 valence electrons. The van der Waals surface area contributed by atoms with E-state index in [-0.39, 0.29) is 12.0 Å². The van der Waals surface area contributed by atoms with Gasteiger partial charge in [0.1, 0.15) is 5.75 Å². The van der Waals surface area contributed by atoms with E-state index in [1.807, 2.05) is 24.3 Å². The first kappa shape index (κ1) is 16.1. The lowest BCUT2D eigenvalue weighted by atomic mass is 9.97. The normalized spacial score (nSPS) is 21.0. The van der Waals surface area contributed by atoms with Crippen LogP contribution in [-0.4, -0.2) is 39.3 Å². The summed E-state index contributed by atoms with van der Waals surface area (Å²) in [6.07, 6.45) is 4.21. The number of benzene rings is 2. The molecule has 2 unspecified atom stereocenters. The van der Waals surface area contributed by atoms with E-state index in [2.05, 4.69) is 22.0 Å². The Balaban J connectivity index is 1.44. The maximum atomic E-state index is 10.4. The van der Waals surface area contributed by atoms with Gasteiger partial charge in [-0.3, -0.25) is 9.88 Å². The molecule has 25 heavy (non-hydrogen) atoms. The zero-order valence-electron chi connectivity index (χ0n) is 14.0. The molecule has 0 amide bonds. The number of aliphatic hydroxyl groups is 1. The van der Waals surface area contributed by atoms with Gasteiger partial charge in [-0.25, -0.2) is 0 Å². The van der Waals surface area contributed by atoms with Crippen molar-refractivity contribution in [1.29, 1.82) is 0 Å². The van der Waals surface area contributed by atoms with Gasteiger partial charge in [0.05, 0.1) is 6.10 Å². The maximum Gasteiger partial charge on any atom is 0.116 e. The number of pyridine rings is 1. The Morgan fingerprint density at radius 2 is 1.68 bits per heavy atom. The van der Waals surface area contributed by atoms with Crippen LogP contribution >= 0.6 is 0 Å². The van der Waals surface area contributed by atoms with Gasteiger partial charge in [0, 0.05) is 37.9 Å². The molecule has 1 saturated heterocycles. The molecule has 4 heteroatoms. The second kappa shape index (κ2) is 6.82. The monoisotopic (exact) mass is 334 g/mol. The van der Waals surface area contributed by atoms with Crippen molar-refractivity contribution >= 4 is 10.8 Å². The fourth-order valence-corrected chi connectivity index (χ4v) is 3.73. The fourth-order valence-electron chi connectivity index (χ4n) is 3.73. The predicted molar refractivity (Wildman–Crippen MR) is 98.3 cm³/mol. The molecule has 1 aliphatic rings. The molecule has 0 spiro atoms. The van der Waals surface area contributed by atoms with Gasteiger partial charge in [-0.15, -0.1) is 0 Å². The Morgan fingerprint density at radius 3 is 2.52 bits per heavy atom. The molecule has 2 aromatic carbocycles. The average molecular weight is 334 g/mol. The minimum absolute atomic E-state index is 0.264. The van der Waals surface area contributed by atoms with Crippen LogP contribution in [0.3, 0.4) is 0 Å². The molecule has 4 nitrogen and oxygen atoms in total. The van der Waals surface area contributed by atoms with Gasteiger partial charge < -0.3 is 10.2 Å². The lowest BCUT2D eigenvalue weighted by Gasteiger charge is -2.16. The minimum Gasteiger partial charge on any atom is -0.508 e. The molecule has 2 heterocycles. The van der Waals surface area contributed by atoms with Crippen molar-refractivity contribution in [3.05, 3.63) is 72.1 Å². The highest BCUT2D eigenvalue weighted by atomic mass is 16.3. The summed E-state index contributed by atoms with van der Waals surface area (Å²) in [5.74, 6) is 0.557. The van der Waals surface area contributed by atoms with Crippen LogP contribution in [-0.2, 0) is 13.0 Å². The summed E-state index contributed by atoms with van der Waals surface area (Å²) in [7, 11) is 0. The fraction of sp³-hybridized carbons (Fsp3) is 0.286. The third kappa shape index (κ3) is 3.65. The summed E-state index contributed by atoms with van der Waals surface area (Å²) in [6.45, 7) is 2.45. The number of β-amino-alcohol motifs (C(OH)–C–C–N with tert-alkyl or cyclic N) is 1. The van der Waals surface area contributed by atoms with Crippen LogP contribution in [0.15, 0.2) is 60.9 Å². The van der Waals surface area contributed by atoms with Crippen LogP contribution < -0.4 is 0 Å². The van der Waals surface area contributed by atoms with Gasteiger partial charge in [-0.05, 0) is 58.7 Å². The largest absolute Gasteiger partial charge is 0.508 e. The molecule has 2 N–H and O–H groups in total. The molecule has 1 aliphatic heterocycles. The number of likely N-dealkylation sites (tertiary alicyclic amines) is 1. The summed E-state index contributed by atoms with van der Waals surface area (Å²) in [5.41, 5.74) is 2.46. The molecular weight excluding hydrogens is 312 g/mol. The Hall–Kier alpha value is -2.43. The predicted octanol–water partition coefficient (Wildman–Crippen LogP) is 2.98. The lowest BCUT2D eigenvalue weighted by molar-refractivity contribution is 0.141. The van der Waals surface area contributed by atoms with E-state index in [0.717, 1.165) is 30.3 Å². The number of nitrogens with zero attached hydrogens (tertiary/aromatic N) is 2. The Labute approximate surface area is 147 Å². The standard InChI is InChI=1S/C21H22N2O2/c24-20-4-3-17-10-16(1-2-18(17)11-20)12-23-13-19(21(25)14-23)9-15-5-7-22-8-6-15/h1-8,10-11,19,21,24-25H,9,12-14H2. The number of fused-ring (bicyclic) bond motifs is 1. The smallest absolute Gasteiger partial charge is 0.116 e. The quantitative estimate of drug-likeness (QED) is 0.770. The van der Waals surface area contributed by atoms with Crippen LogP contribution in [0.25, 0.3) is 10.8 Å². The molecule has 0 radical (unpaired) electrons. The molecule has 0 aliphatic carbocycles. The molecule has 3 aromatic rings. The van der Waals surface area contributed by atoms with Gasteiger partial charge in [0.2, 0.25) is 0 Å². The van der Waals surface area contributed by atoms with Crippen molar-refractivity contribution < 1.29 is 10.2 Å². The van der Waals surface area contributed by atoms with Crippen LogP contribution in [0.1, 0.15) is 11.1 Å². The van der Waals surface area contributed by atoms with E-state index in [0.29, 0.717) is 12.3 Å². The average Bonchev–Trinajstić information content (AvgIpc) is 2.95. The number of aromatic nitrogens is 1. The lowest BCUT2D eigenvalue weighted by Crippen LogP contribution is -2.21. The first-order valence-electron chi connectivity index (χ1n) is 8.68. The molecule has 1 fully saturated rings. The first-order valence-corrected chi connectivity index (χ1v) is 8.68. The summed E-state index contributed by atoms with van der Waals surface area (Å²) in [6, 6.07) is 15.8. The number of aliphatic hydroxyl groups excluding tert-OH is 1. The van der Waals surface area contributed by atoms with Crippen molar-refractivity contribution in [1.82, 2.24) is 9.88 Å². The van der Waals surface area contributed by atoms with Gasteiger partial charge in [0.15, 0.2) is 0 Å². The molecule has 4 rings (SSSR count). The Kier molecular flexibility index (Phi) is 4.38. The summed E-state index contributed by atoms with van der Waals surface area (Å²) in [4.78, 5) is 6.37. The van der Waals surface area contributed by atoms with E-state index in [4.69, 9.17) is 0 Å². The van der Waals surface area contributed by atoms with Gasteiger partial charge in [-0.2, -0.15) is 0 Å². The summed E-state index contributed by atoms with van der Waals surface area (Å²) < 4.78 is 0. The summed E-state index contributed by atoms with van der Waals surface area (Å²) in [5, 5.41) is 22.2. The highest BCUT2D eigenvalue weighted by Gasteiger charge is 2.31. The van der Waals surface area contributed by atoms with Crippen LogP contribution in [0, 0.1) is 5.92 Å². The van der Waals surface area contributed by atoms with Crippen molar-refractivity contribution in [2.24, 2.45) is 5.92 Å². The number of aromatic hydroxyl groups is 1. The van der Waals surface area contributed by atoms with Crippen LogP contribution in [0.2, 0.25) is 0 Å². The topological polar surface area (TPSA) is 56.6 Å². The van der Waals surface area contributed by atoms with Crippen LogP contribution in [0.4, 0.5) is 0 Å². The highest BCUT2D eigenvalue weighted by Crippen LogP contribution is 2.25. The molecular formula is C21H22N2O2. The van der Waals surface area contributed by atoms with E-state index in [1.54, 1.807) is 24.5 Å². The second-order valence-corrected chi connectivity index (χ2v) is 6.95. The molecule has 1 aromatic heterocycles. The third-order valence-corrected chi connectivity index (χ3v) is 5.02. The number of rotatable bonds is 4. The zero-order chi connectivity index (χ0) is 17.2. The molecule has 0 saturated carbocycles. The number of hydrogen-bond acceptors (Lipinski definition) is 4. The van der Waals surface area contributed by atoms with Crippen LogP contribution in [0.5, 0.6) is 5.75 Å². The minimum atomic E-state index is -0.287.